The standard InChI is InChI=1S/C17H18FNO2/c1-19(11-13-4-3-5-15(18)10-13)12-17(20)14-6-8-16(21-2)9-7-14/h3-10H,11-12H2,1-2H3. The Morgan fingerprint density at radius 3 is 2.52 bits per heavy atom. The van der Waals surface area contributed by atoms with Crippen molar-refractivity contribution >= 4 is 5.78 Å². The highest BCUT2D eigenvalue weighted by Crippen LogP contribution is 2.12. The summed E-state index contributed by atoms with van der Waals surface area (Å²) in [5.74, 6) is 0.485. The molecule has 0 heterocycles. The van der Waals surface area contributed by atoms with Crippen LogP contribution in [0.3, 0.4) is 0 Å². The van der Waals surface area contributed by atoms with E-state index in [1.807, 2.05) is 18.0 Å². The molecule has 0 aliphatic rings. The highest BCUT2D eigenvalue weighted by atomic mass is 19.1. The molecule has 0 aliphatic heterocycles. The number of halogens is 1. The molecule has 110 valence electrons. The molecule has 0 saturated heterocycles. The van der Waals surface area contributed by atoms with Gasteiger partial charge in [0.2, 0.25) is 0 Å². The zero-order valence-corrected chi connectivity index (χ0v) is 12.2. The Labute approximate surface area is 124 Å². The van der Waals surface area contributed by atoms with Crippen LogP contribution in [-0.2, 0) is 6.54 Å². The number of likely N-dealkylation sites (N-methyl/N-ethyl adjacent to an activating group) is 1. The van der Waals surface area contributed by atoms with E-state index >= 15 is 0 Å². The Hall–Kier alpha value is -2.20. The van der Waals surface area contributed by atoms with E-state index in [-0.39, 0.29) is 18.1 Å². The Balaban J connectivity index is 1.95. The van der Waals surface area contributed by atoms with E-state index in [1.165, 1.54) is 12.1 Å². The summed E-state index contributed by atoms with van der Waals surface area (Å²) in [6, 6.07) is 13.4. The Morgan fingerprint density at radius 2 is 1.90 bits per heavy atom. The van der Waals surface area contributed by atoms with Crippen molar-refractivity contribution in [3.63, 3.8) is 0 Å². The van der Waals surface area contributed by atoms with Gasteiger partial charge in [0.25, 0.3) is 0 Å². The van der Waals surface area contributed by atoms with Gasteiger partial charge in [-0.2, -0.15) is 0 Å². The van der Waals surface area contributed by atoms with Crippen LogP contribution in [0.1, 0.15) is 15.9 Å². The third-order valence-electron chi connectivity index (χ3n) is 3.17. The van der Waals surface area contributed by atoms with E-state index in [0.29, 0.717) is 12.1 Å². The highest BCUT2D eigenvalue weighted by molar-refractivity contribution is 5.97. The van der Waals surface area contributed by atoms with Crippen molar-refractivity contribution in [1.29, 1.82) is 0 Å². The van der Waals surface area contributed by atoms with Gasteiger partial charge < -0.3 is 4.74 Å². The van der Waals surface area contributed by atoms with Gasteiger partial charge in [0.15, 0.2) is 5.78 Å². The van der Waals surface area contributed by atoms with E-state index in [1.54, 1.807) is 37.4 Å². The van der Waals surface area contributed by atoms with Crippen molar-refractivity contribution in [2.75, 3.05) is 20.7 Å². The number of carbonyl (C=O) groups excluding carboxylic acids is 1. The molecule has 2 aromatic carbocycles. The summed E-state index contributed by atoms with van der Waals surface area (Å²) in [5, 5.41) is 0. The third kappa shape index (κ3) is 4.39. The van der Waals surface area contributed by atoms with Crippen LogP contribution in [-0.4, -0.2) is 31.4 Å². The molecule has 0 atom stereocenters. The van der Waals surface area contributed by atoms with Gasteiger partial charge in [0, 0.05) is 12.1 Å². The Kier molecular flexibility index (Phi) is 5.06. The summed E-state index contributed by atoms with van der Waals surface area (Å²) in [6.45, 7) is 0.808. The second kappa shape index (κ2) is 6.99. The van der Waals surface area contributed by atoms with E-state index in [0.717, 1.165) is 11.3 Å². The van der Waals surface area contributed by atoms with Crippen LogP contribution in [0, 0.1) is 5.82 Å². The first-order valence-electron chi connectivity index (χ1n) is 6.68. The van der Waals surface area contributed by atoms with Crippen LogP contribution in [0.4, 0.5) is 4.39 Å². The van der Waals surface area contributed by atoms with Crippen molar-refractivity contribution in [2.24, 2.45) is 0 Å². The summed E-state index contributed by atoms with van der Waals surface area (Å²) in [7, 11) is 3.43. The maximum atomic E-state index is 13.1. The van der Waals surface area contributed by atoms with Crippen LogP contribution in [0.2, 0.25) is 0 Å². The molecular formula is C17H18FNO2. The predicted molar refractivity (Wildman–Crippen MR) is 80.1 cm³/mol. The number of nitrogens with zero attached hydrogens (tertiary/aromatic N) is 1. The molecular weight excluding hydrogens is 269 g/mol. The minimum atomic E-state index is -0.262. The van der Waals surface area contributed by atoms with Crippen LogP contribution in [0.5, 0.6) is 5.75 Å². The normalized spacial score (nSPS) is 10.7. The Bertz CT molecular complexity index is 610. The number of ketones is 1. The van der Waals surface area contributed by atoms with Crippen LogP contribution in [0.25, 0.3) is 0 Å². The van der Waals surface area contributed by atoms with Crippen molar-refractivity contribution in [2.45, 2.75) is 6.54 Å². The fourth-order valence-electron chi connectivity index (χ4n) is 2.12. The number of ether oxygens (including phenoxy) is 1. The first kappa shape index (κ1) is 15.2. The topological polar surface area (TPSA) is 29.5 Å². The fourth-order valence-corrected chi connectivity index (χ4v) is 2.12. The van der Waals surface area contributed by atoms with Crippen LogP contribution < -0.4 is 4.74 Å². The highest BCUT2D eigenvalue weighted by Gasteiger charge is 2.10. The number of rotatable bonds is 6. The first-order valence-corrected chi connectivity index (χ1v) is 6.68. The lowest BCUT2D eigenvalue weighted by molar-refractivity contribution is 0.0943. The van der Waals surface area contributed by atoms with E-state index in [9.17, 15) is 9.18 Å². The lowest BCUT2D eigenvalue weighted by Gasteiger charge is -2.16. The van der Waals surface area contributed by atoms with Gasteiger partial charge in [-0.15, -0.1) is 0 Å². The molecule has 0 radical (unpaired) electrons. The van der Waals surface area contributed by atoms with Crippen LogP contribution >= 0.6 is 0 Å². The molecule has 0 saturated carbocycles. The zero-order valence-electron chi connectivity index (χ0n) is 12.2. The molecule has 2 rings (SSSR count). The molecule has 0 amide bonds. The minimum Gasteiger partial charge on any atom is -0.497 e. The van der Waals surface area contributed by atoms with E-state index < -0.39 is 0 Å². The number of hydrogen-bond donors (Lipinski definition) is 0. The van der Waals surface area contributed by atoms with Crippen molar-refractivity contribution in [1.82, 2.24) is 4.90 Å². The van der Waals surface area contributed by atoms with Gasteiger partial charge in [0.1, 0.15) is 11.6 Å². The molecule has 0 aliphatic carbocycles. The monoisotopic (exact) mass is 287 g/mol. The Morgan fingerprint density at radius 1 is 1.19 bits per heavy atom. The fraction of sp³-hybridized carbons (Fsp3) is 0.235. The summed E-state index contributed by atoms with van der Waals surface area (Å²) >= 11 is 0. The van der Waals surface area contributed by atoms with Gasteiger partial charge in [0.05, 0.1) is 13.7 Å². The molecule has 0 spiro atoms. The number of methoxy groups -OCH3 is 1. The van der Waals surface area contributed by atoms with Crippen molar-refractivity contribution in [3.05, 3.63) is 65.5 Å². The summed E-state index contributed by atoms with van der Waals surface area (Å²) in [6.07, 6.45) is 0. The molecule has 0 bridgehead atoms. The van der Waals surface area contributed by atoms with E-state index in [4.69, 9.17) is 4.74 Å². The largest absolute Gasteiger partial charge is 0.497 e. The maximum absolute atomic E-state index is 13.1. The predicted octanol–water partition coefficient (Wildman–Crippen LogP) is 3.15. The lowest BCUT2D eigenvalue weighted by Crippen LogP contribution is -2.25. The number of hydrogen-bond acceptors (Lipinski definition) is 3. The van der Waals surface area contributed by atoms with E-state index in [2.05, 4.69) is 0 Å². The second-order valence-electron chi connectivity index (χ2n) is 4.95. The summed E-state index contributed by atoms with van der Waals surface area (Å²) in [5.41, 5.74) is 1.49. The summed E-state index contributed by atoms with van der Waals surface area (Å²) in [4.78, 5) is 14.0. The van der Waals surface area contributed by atoms with Gasteiger partial charge in [-0.3, -0.25) is 9.69 Å². The molecule has 2 aromatic rings. The average Bonchev–Trinajstić information content (AvgIpc) is 2.47. The quantitative estimate of drug-likeness (QED) is 0.764. The average molecular weight is 287 g/mol. The summed E-state index contributed by atoms with van der Waals surface area (Å²) < 4.78 is 18.2. The molecule has 4 heteroatoms. The lowest BCUT2D eigenvalue weighted by atomic mass is 10.1. The molecule has 0 fully saturated rings. The SMILES string of the molecule is COc1ccc(C(=O)CN(C)Cc2cccc(F)c2)cc1. The van der Waals surface area contributed by atoms with Gasteiger partial charge in [-0.05, 0) is 49.0 Å². The molecule has 3 nitrogen and oxygen atoms in total. The van der Waals surface area contributed by atoms with Gasteiger partial charge in [-0.25, -0.2) is 4.39 Å². The molecule has 0 aromatic heterocycles. The number of benzene rings is 2. The number of Topliss-reactive ketones (excluding diaryl/α,β-unsaturated/α-hetero) is 1. The first-order chi connectivity index (χ1) is 10.1. The second-order valence-corrected chi connectivity index (χ2v) is 4.95. The van der Waals surface area contributed by atoms with Crippen molar-refractivity contribution in [3.8, 4) is 5.75 Å². The minimum absolute atomic E-state index is 0.0246. The maximum Gasteiger partial charge on any atom is 0.176 e. The smallest absolute Gasteiger partial charge is 0.176 e. The third-order valence-corrected chi connectivity index (χ3v) is 3.17. The van der Waals surface area contributed by atoms with Crippen molar-refractivity contribution < 1.29 is 13.9 Å². The van der Waals surface area contributed by atoms with Gasteiger partial charge >= 0.3 is 0 Å². The molecule has 0 unspecified atom stereocenters. The van der Waals surface area contributed by atoms with Gasteiger partial charge in [-0.1, -0.05) is 12.1 Å². The number of carbonyl (C=O) groups is 1. The molecule has 21 heavy (non-hydrogen) atoms. The molecule has 0 N–H and O–H groups in total. The van der Waals surface area contributed by atoms with Crippen LogP contribution in [0.15, 0.2) is 48.5 Å². The zero-order chi connectivity index (χ0) is 15.2.